The van der Waals surface area contributed by atoms with Crippen molar-refractivity contribution in [3.8, 4) is 0 Å². The Hall–Kier alpha value is -2.66. The molecule has 0 aromatic heterocycles. The molecule has 0 bridgehead atoms. The average molecular weight is 372 g/mol. The average Bonchev–Trinajstić information content (AvgIpc) is 3.07. The van der Waals surface area contributed by atoms with E-state index in [1.165, 1.54) is 6.92 Å². The molecule has 2 aromatic carbocycles. The van der Waals surface area contributed by atoms with Crippen molar-refractivity contribution in [1.29, 1.82) is 0 Å². The number of ether oxygens (including phenoxy) is 1. The SMILES string of the molecule is C[C@@H](OC(=O)c1cccc(N2CCCC2=O)c1)C(=O)c1ccc(Cl)cc1. The number of hydrogen-bond donors (Lipinski definition) is 0. The molecule has 1 heterocycles. The van der Waals surface area contributed by atoms with Crippen LogP contribution in [0.15, 0.2) is 48.5 Å². The smallest absolute Gasteiger partial charge is 0.338 e. The molecular weight excluding hydrogens is 354 g/mol. The number of esters is 1. The number of carbonyl (C=O) groups excluding carboxylic acids is 3. The fourth-order valence-corrected chi connectivity index (χ4v) is 2.98. The Balaban J connectivity index is 1.70. The van der Waals surface area contributed by atoms with Gasteiger partial charge in [-0.2, -0.15) is 0 Å². The predicted molar refractivity (Wildman–Crippen MR) is 98.7 cm³/mol. The monoisotopic (exact) mass is 371 g/mol. The third-order valence-corrected chi connectivity index (χ3v) is 4.50. The molecule has 1 atom stereocenters. The zero-order chi connectivity index (χ0) is 18.7. The number of nitrogens with zero attached hydrogens (tertiary/aromatic N) is 1. The van der Waals surface area contributed by atoms with Crippen LogP contribution in [-0.2, 0) is 9.53 Å². The molecule has 6 heteroatoms. The molecular formula is C20H18ClNO4. The highest BCUT2D eigenvalue weighted by Crippen LogP contribution is 2.23. The molecule has 1 fully saturated rings. The highest BCUT2D eigenvalue weighted by molar-refractivity contribution is 6.30. The van der Waals surface area contributed by atoms with E-state index in [-0.39, 0.29) is 11.7 Å². The van der Waals surface area contributed by atoms with Gasteiger partial charge in [-0.05, 0) is 55.8 Å². The highest BCUT2D eigenvalue weighted by atomic mass is 35.5. The Morgan fingerprint density at radius 3 is 2.50 bits per heavy atom. The summed E-state index contributed by atoms with van der Waals surface area (Å²) in [4.78, 5) is 38.3. The minimum absolute atomic E-state index is 0.0433. The van der Waals surface area contributed by atoms with Crippen molar-refractivity contribution in [2.45, 2.75) is 25.9 Å². The molecule has 0 N–H and O–H groups in total. The molecule has 0 radical (unpaired) electrons. The Bertz CT molecular complexity index is 847. The van der Waals surface area contributed by atoms with Crippen LogP contribution in [0.5, 0.6) is 0 Å². The van der Waals surface area contributed by atoms with Gasteiger partial charge in [0.25, 0.3) is 0 Å². The topological polar surface area (TPSA) is 63.7 Å². The van der Waals surface area contributed by atoms with Gasteiger partial charge < -0.3 is 9.64 Å². The lowest BCUT2D eigenvalue weighted by molar-refractivity contribution is -0.117. The molecule has 134 valence electrons. The van der Waals surface area contributed by atoms with E-state index in [1.54, 1.807) is 53.4 Å². The molecule has 0 spiro atoms. The number of amides is 1. The third kappa shape index (κ3) is 3.94. The Kier molecular flexibility index (Phi) is 5.38. The van der Waals surface area contributed by atoms with Gasteiger partial charge in [0.15, 0.2) is 6.10 Å². The molecule has 1 amide bonds. The van der Waals surface area contributed by atoms with Crippen molar-refractivity contribution in [1.82, 2.24) is 0 Å². The first kappa shape index (κ1) is 18.1. The predicted octanol–water partition coefficient (Wildman–Crippen LogP) is 3.90. The fourth-order valence-electron chi connectivity index (χ4n) is 2.85. The van der Waals surface area contributed by atoms with Crippen LogP contribution in [0.2, 0.25) is 5.02 Å². The first-order valence-corrected chi connectivity index (χ1v) is 8.74. The van der Waals surface area contributed by atoms with Crippen molar-refractivity contribution in [3.63, 3.8) is 0 Å². The van der Waals surface area contributed by atoms with Gasteiger partial charge in [-0.25, -0.2) is 4.79 Å². The molecule has 26 heavy (non-hydrogen) atoms. The van der Waals surface area contributed by atoms with Crippen LogP contribution < -0.4 is 4.90 Å². The summed E-state index contributed by atoms with van der Waals surface area (Å²) in [6.45, 7) is 2.17. The van der Waals surface area contributed by atoms with Crippen molar-refractivity contribution in [2.75, 3.05) is 11.4 Å². The number of benzene rings is 2. The summed E-state index contributed by atoms with van der Waals surface area (Å²) in [5.41, 5.74) is 1.39. The second kappa shape index (κ2) is 7.70. The van der Waals surface area contributed by atoms with Crippen LogP contribution in [0.4, 0.5) is 5.69 Å². The van der Waals surface area contributed by atoms with E-state index in [0.717, 1.165) is 6.42 Å². The maximum atomic E-state index is 12.4. The number of halogens is 1. The van der Waals surface area contributed by atoms with Crippen LogP contribution in [-0.4, -0.2) is 30.3 Å². The van der Waals surface area contributed by atoms with Gasteiger partial charge in [0.05, 0.1) is 5.56 Å². The molecule has 0 unspecified atom stereocenters. The van der Waals surface area contributed by atoms with E-state index in [1.807, 2.05) is 0 Å². The number of ketones is 1. The molecule has 5 nitrogen and oxygen atoms in total. The van der Waals surface area contributed by atoms with Gasteiger partial charge in [-0.3, -0.25) is 9.59 Å². The van der Waals surface area contributed by atoms with E-state index in [9.17, 15) is 14.4 Å². The fraction of sp³-hybridized carbons (Fsp3) is 0.250. The summed E-state index contributed by atoms with van der Waals surface area (Å²) in [5, 5.41) is 0.527. The molecule has 1 saturated heterocycles. The zero-order valence-electron chi connectivity index (χ0n) is 14.3. The van der Waals surface area contributed by atoms with E-state index in [4.69, 9.17) is 16.3 Å². The van der Waals surface area contributed by atoms with Crippen molar-refractivity contribution in [2.24, 2.45) is 0 Å². The maximum Gasteiger partial charge on any atom is 0.338 e. The summed E-state index contributed by atoms with van der Waals surface area (Å²) in [6.07, 6.45) is 0.391. The van der Waals surface area contributed by atoms with E-state index >= 15 is 0 Å². The Morgan fingerprint density at radius 1 is 1.12 bits per heavy atom. The quantitative estimate of drug-likeness (QED) is 0.590. The molecule has 3 rings (SSSR count). The van der Waals surface area contributed by atoms with Crippen LogP contribution in [0.25, 0.3) is 0 Å². The Labute approximate surface area is 156 Å². The molecule has 0 aliphatic carbocycles. The van der Waals surface area contributed by atoms with E-state index in [0.29, 0.717) is 34.8 Å². The van der Waals surface area contributed by atoms with Crippen molar-refractivity contribution < 1.29 is 19.1 Å². The van der Waals surface area contributed by atoms with Gasteiger partial charge in [0, 0.05) is 29.2 Å². The van der Waals surface area contributed by atoms with Gasteiger partial charge in [-0.15, -0.1) is 0 Å². The lowest BCUT2D eigenvalue weighted by Crippen LogP contribution is -2.25. The summed E-state index contributed by atoms with van der Waals surface area (Å²) in [7, 11) is 0. The first-order chi connectivity index (χ1) is 12.5. The molecule has 1 aliphatic heterocycles. The molecule has 1 aliphatic rings. The number of Topliss-reactive ketones (excluding diaryl/α,β-unsaturated/α-hetero) is 1. The second-order valence-corrected chi connectivity index (χ2v) is 6.55. The lowest BCUT2D eigenvalue weighted by atomic mass is 10.1. The minimum Gasteiger partial charge on any atom is -0.451 e. The van der Waals surface area contributed by atoms with Gasteiger partial charge in [-0.1, -0.05) is 17.7 Å². The maximum absolute atomic E-state index is 12.4. The van der Waals surface area contributed by atoms with Crippen LogP contribution in [0.3, 0.4) is 0 Å². The normalized spacial score (nSPS) is 15.0. The van der Waals surface area contributed by atoms with Crippen LogP contribution in [0.1, 0.15) is 40.5 Å². The first-order valence-electron chi connectivity index (χ1n) is 8.37. The number of rotatable bonds is 5. The van der Waals surface area contributed by atoms with Crippen LogP contribution in [0, 0.1) is 0 Å². The van der Waals surface area contributed by atoms with Crippen molar-refractivity contribution in [3.05, 3.63) is 64.7 Å². The zero-order valence-corrected chi connectivity index (χ0v) is 15.0. The summed E-state index contributed by atoms with van der Waals surface area (Å²) in [5.74, 6) is -0.865. The largest absolute Gasteiger partial charge is 0.451 e. The summed E-state index contributed by atoms with van der Waals surface area (Å²) < 4.78 is 5.30. The molecule has 2 aromatic rings. The Morgan fingerprint density at radius 2 is 1.85 bits per heavy atom. The minimum atomic E-state index is -0.930. The lowest BCUT2D eigenvalue weighted by Gasteiger charge is -2.17. The molecule has 0 saturated carbocycles. The standard InChI is InChI=1S/C20H18ClNO4/c1-13(19(24)14-7-9-16(21)10-8-14)26-20(25)15-4-2-5-17(12-15)22-11-3-6-18(22)23/h2,4-5,7-10,12-13H,3,6,11H2,1H3/t13-/m1/s1. The number of hydrogen-bond acceptors (Lipinski definition) is 4. The highest BCUT2D eigenvalue weighted by Gasteiger charge is 2.24. The van der Waals surface area contributed by atoms with Gasteiger partial charge in [0.2, 0.25) is 11.7 Å². The summed E-state index contributed by atoms with van der Waals surface area (Å²) >= 11 is 5.81. The number of carbonyl (C=O) groups is 3. The van der Waals surface area contributed by atoms with E-state index < -0.39 is 12.1 Å². The third-order valence-electron chi connectivity index (χ3n) is 4.25. The van der Waals surface area contributed by atoms with E-state index in [2.05, 4.69) is 0 Å². The summed E-state index contributed by atoms with van der Waals surface area (Å²) in [6, 6.07) is 13.1. The van der Waals surface area contributed by atoms with Crippen LogP contribution >= 0.6 is 11.6 Å². The van der Waals surface area contributed by atoms with Gasteiger partial charge in [0.1, 0.15) is 0 Å². The second-order valence-electron chi connectivity index (χ2n) is 6.12. The number of anilines is 1. The van der Waals surface area contributed by atoms with Gasteiger partial charge >= 0.3 is 5.97 Å². The van der Waals surface area contributed by atoms with Crippen molar-refractivity contribution >= 4 is 34.9 Å².